The van der Waals surface area contributed by atoms with Crippen molar-refractivity contribution in [3.05, 3.63) is 34.2 Å². The monoisotopic (exact) mass is 655 g/mol. The number of aldehydes is 1. The van der Waals surface area contributed by atoms with Crippen LogP contribution in [0, 0.1) is 17.8 Å². The molecular formula is C33H49N7O5S. The lowest BCUT2D eigenvalue weighted by atomic mass is 9.96. The Labute approximate surface area is 275 Å². The van der Waals surface area contributed by atoms with E-state index in [1.54, 1.807) is 20.2 Å². The largest absolute Gasteiger partial charge is 0.578 e. The molecule has 3 N–H and O–H groups in total. The molecule has 4 heterocycles. The van der Waals surface area contributed by atoms with Gasteiger partial charge in [0.25, 0.3) is 0 Å². The molecule has 1 aromatic carbocycles. The van der Waals surface area contributed by atoms with Gasteiger partial charge < -0.3 is 30.0 Å². The molecule has 3 saturated heterocycles. The number of ether oxygens (including phenoxy) is 1. The number of benzene rings is 1. The van der Waals surface area contributed by atoms with Crippen molar-refractivity contribution in [2.75, 3.05) is 59.5 Å². The van der Waals surface area contributed by atoms with Crippen LogP contribution in [0.5, 0.6) is 0 Å². The van der Waals surface area contributed by atoms with Crippen LogP contribution in [-0.2, 0) is 32.9 Å². The number of hydrogen-bond donors (Lipinski definition) is 2. The van der Waals surface area contributed by atoms with Crippen molar-refractivity contribution in [2.24, 2.45) is 18.7 Å². The fourth-order valence-corrected chi connectivity index (χ4v) is 8.25. The number of aromatic nitrogens is 2. The second-order valence-corrected chi connectivity index (χ2v) is 14.3. The van der Waals surface area contributed by atoms with Crippen LogP contribution < -0.4 is 16.7 Å². The molecule has 3 aliphatic heterocycles. The minimum Gasteiger partial charge on any atom is -0.578 e. The lowest BCUT2D eigenvalue weighted by Crippen LogP contribution is -2.51. The Morgan fingerprint density at radius 1 is 1.11 bits per heavy atom. The lowest BCUT2D eigenvalue weighted by molar-refractivity contribution is -0.121. The van der Waals surface area contributed by atoms with Gasteiger partial charge in [-0.05, 0) is 63.0 Å². The maximum absolute atomic E-state index is 13.1. The maximum atomic E-state index is 13.1. The fraction of sp³-hybridized carbons (Fsp3) is 0.667. The number of carbonyl (C=O) groups is 2. The smallest absolute Gasteiger partial charge is 0.329 e. The Morgan fingerprint density at radius 3 is 2.43 bits per heavy atom. The number of nitrogens with zero attached hydrogens (tertiary/aromatic N) is 5. The summed E-state index contributed by atoms with van der Waals surface area (Å²) in [6, 6.07) is 5.00. The van der Waals surface area contributed by atoms with E-state index in [4.69, 9.17) is 10.5 Å². The second kappa shape index (κ2) is 16.4. The van der Waals surface area contributed by atoms with E-state index in [1.165, 1.54) is 9.13 Å². The number of fused-ring (bicyclic) bond motifs is 1. The van der Waals surface area contributed by atoms with Gasteiger partial charge in [-0.3, -0.25) is 13.9 Å². The summed E-state index contributed by atoms with van der Waals surface area (Å²) in [4.78, 5) is 39.3. The van der Waals surface area contributed by atoms with Crippen LogP contribution >= 0.6 is 0 Å². The van der Waals surface area contributed by atoms with Crippen LogP contribution in [0.4, 0.5) is 0 Å². The van der Waals surface area contributed by atoms with Crippen molar-refractivity contribution >= 4 is 34.8 Å². The topological polar surface area (TPSA) is 141 Å². The zero-order chi connectivity index (χ0) is 32.6. The molecule has 1 amide bonds. The first kappa shape index (κ1) is 34.6. The number of hydrogen-bond acceptors (Lipinski definition) is 9. The Bertz CT molecular complexity index is 1440. The quantitative estimate of drug-likeness (QED) is 0.207. The Kier molecular flexibility index (Phi) is 12.4. The molecule has 0 radical (unpaired) electrons. The molecule has 5 rings (SSSR count). The van der Waals surface area contributed by atoms with Gasteiger partial charge in [0.1, 0.15) is 24.4 Å². The number of aryl methyl sites for hydroxylation is 1. The van der Waals surface area contributed by atoms with Crippen LogP contribution in [0.1, 0.15) is 63.0 Å². The molecule has 0 bridgehead atoms. The zero-order valence-corrected chi connectivity index (χ0v) is 28.0. The standard InChI is InChI=1S/C33H49N7O5S/c1-35-31(42)9-8-28(24-41)40-30-7-3-5-26(32(30)36(2)33(40)43)6-4-22-45-29-14-16-37(17-15-29)23-25-10-18-38(19-11-25)46(44)39-20-12-27(34)13-21-39/h3,5,7,24-25,27-29H,8-23,34H2,1-2H3,(H,35,42). The molecule has 3 aliphatic rings. The lowest BCUT2D eigenvalue weighted by Gasteiger charge is -2.39. The number of likely N-dealkylation sites (tertiary alicyclic amines) is 1. The predicted molar refractivity (Wildman–Crippen MR) is 179 cm³/mol. The molecule has 13 heteroatoms. The molecule has 0 spiro atoms. The van der Waals surface area contributed by atoms with Crippen LogP contribution in [0.2, 0.25) is 0 Å². The summed E-state index contributed by atoms with van der Waals surface area (Å²) in [5, 5.41) is 2.55. The number of nitrogens with one attached hydrogen (secondary N) is 1. The zero-order valence-electron chi connectivity index (χ0n) is 27.2. The molecule has 2 atom stereocenters. The number of nitrogens with two attached hydrogens (primary N) is 1. The van der Waals surface area contributed by atoms with Gasteiger partial charge in [0.2, 0.25) is 5.91 Å². The predicted octanol–water partition coefficient (Wildman–Crippen LogP) is 1.15. The molecule has 0 aliphatic carbocycles. The van der Waals surface area contributed by atoms with E-state index in [1.807, 2.05) is 12.1 Å². The van der Waals surface area contributed by atoms with Crippen molar-refractivity contribution in [1.29, 1.82) is 0 Å². The van der Waals surface area contributed by atoms with Gasteiger partial charge >= 0.3 is 5.69 Å². The highest BCUT2D eigenvalue weighted by Crippen LogP contribution is 2.26. The summed E-state index contributed by atoms with van der Waals surface area (Å²) in [5.41, 5.74) is 7.67. The normalized spacial score (nSPS) is 21.1. The van der Waals surface area contributed by atoms with Gasteiger partial charge in [0, 0.05) is 72.4 Å². The Hall–Kier alpha value is -2.70. The molecule has 0 saturated carbocycles. The molecule has 3 fully saturated rings. The summed E-state index contributed by atoms with van der Waals surface area (Å²) in [6.07, 6.45) is 7.23. The van der Waals surface area contributed by atoms with Crippen molar-refractivity contribution in [3.63, 3.8) is 0 Å². The molecule has 46 heavy (non-hydrogen) atoms. The third kappa shape index (κ3) is 8.41. The average Bonchev–Trinajstić information content (AvgIpc) is 3.34. The van der Waals surface area contributed by atoms with Crippen molar-refractivity contribution < 1.29 is 18.9 Å². The van der Waals surface area contributed by atoms with Gasteiger partial charge in [-0.25, -0.2) is 4.79 Å². The van der Waals surface area contributed by atoms with E-state index >= 15 is 0 Å². The van der Waals surface area contributed by atoms with Crippen molar-refractivity contribution in [3.8, 4) is 11.8 Å². The number of carbonyl (C=O) groups excluding carboxylic acids is 2. The minimum absolute atomic E-state index is 0.149. The summed E-state index contributed by atoms with van der Waals surface area (Å²) in [5.74, 6) is 6.77. The molecule has 2 aromatic rings. The average molecular weight is 656 g/mol. The first-order valence-electron chi connectivity index (χ1n) is 16.6. The molecule has 252 valence electrons. The molecule has 2 unspecified atom stereocenters. The Morgan fingerprint density at radius 2 is 1.78 bits per heavy atom. The van der Waals surface area contributed by atoms with Gasteiger partial charge in [-0.2, -0.15) is 0 Å². The van der Waals surface area contributed by atoms with Crippen LogP contribution in [0.25, 0.3) is 11.0 Å². The highest BCUT2D eigenvalue weighted by molar-refractivity contribution is 7.86. The van der Waals surface area contributed by atoms with Gasteiger partial charge in [0.15, 0.2) is 0 Å². The summed E-state index contributed by atoms with van der Waals surface area (Å²) < 4.78 is 26.3. The van der Waals surface area contributed by atoms with E-state index in [9.17, 15) is 18.9 Å². The maximum Gasteiger partial charge on any atom is 0.329 e. The van der Waals surface area contributed by atoms with Gasteiger partial charge in [-0.15, -0.1) is 8.61 Å². The number of amides is 1. The van der Waals surface area contributed by atoms with Crippen LogP contribution in [0.3, 0.4) is 0 Å². The number of para-hydroxylation sites is 1. The first-order chi connectivity index (χ1) is 22.3. The van der Waals surface area contributed by atoms with Crippen LogP contribution in [0.15, 0.2) is 23.0 Å². The summed E-state index contributed by atoms with van der Waals surface area (Å²) in [7, 11) is 3.22. The number of imidazole rings is 1. The second-order valence-electron chi connectivity index (χ2n) is 12.8. The third-order valence-corrected chi connectivity index (χ3v) is 11.3. The van der Waals surface area contributed by atoms with E-state index < -0.39 is 17.6 Å². The van der Waals surface area contributed by atoms with Crippen molar-refractivity contribution in [1.82, 2.24) is 28.0 Å². The minimum atomic E-state index is -1.04. The van der Waals surface area contributed by atoms with Gasteiger partial charge in [0.05, 0.1) is 28.7 Å². The third-order valence-electron chi connectivity index (χ3n) is 9.72. The molecular weight excluding hydrogens is 606 g/mol. The highest BCUT2D eigenvalue weighted by atomic mass is 32.2. The molecule has 12 nitrogen and oxygen atoms in total. The van der Waals surface area contributed by atoms with E-state index in [0.29, 0.717) is 29.1 Å². The highest BCUT2D eigenvalue weighted by Gasteiger charge is 2.35. The Balaban J connectivity index is 1.07. The van der Waals surface area contributed by atoms with Gasteiger partial charge in [-0.1, -0.05) is 17.9 Å². The van der Waals surface area contributed by atoms with E-state index in [-0.39, 0.29) is 36.6 Å². The SMILES string of the molecule is CNC(=O)CCC(C=O)n1c(=O)n(C)c2c(C#CCOC3CCN(CC4CCN([S+]([O-])N5CCC(N)CC5)CC4)CC3)cccc21. The van der Waals surface area contributed by atoms with Crippen molar-refractivity contribution in [2.45, 2.75) is 69.6 Å². The molecule has 1 aromatic heterocycles. The number of rotatable bonds is 11. The summed E-state index contributed by atoms with van der Waals surface area (Å²) in [6.45, 7) is 6.83. The fourth-order valence-electron chi connectivity index (χ4n) is 6.88. The van der Waals surface area contributed by atoms with E-state index in [0.717, 1.165) is 90.6 Å². The van der Waals surface area contributed by atoms with E-state index in [2.05, 4.69) is 30.7 Å². The number of piperidine rings is 3. The van der Waals surface area contributed by atoms with Crippen LogP contribution in [-0.4, -0.2) is 111 Å². The summed E-state index contributed by atoms with van der Waals surface area (Å²) >= 11 is -1.04. The first-order valence-corrected chi connectivity index (χ1v) is 17.7.